The van der Waals surface area contributed by atoms with Crippen molar-refractivity contribution in [3.63, 3.8) is 0 Å². The standard InChI is InChI=1S/C14H19NO/c1-16-11-5-6-13-12(9-11)14(10-15-13)7-3-2-4-8-14/h5-6,9,15H,2-4,7-8,10H2,1H3. The van der Waals surface area contributed by atoms with E-state index < -0.39 is 0 Å². The lowest BCUT2D eigenvalue weighted by atomic mass is 9.71. The third kappa shape index (κ3) is 1.40. The molecule has 2 aliphatic rings. The summed E-state index contributed by atoms with van der Waals surface area (Å²) >= 11 is 0. The van der Waals surface area contributed by atoms with E-state index in [0.717, 1.165) is 12.3 Å². The van der Waals surface area contributed by atoms with Crippen LogP contribution in [0.25, 0.3) is 0 Å². The number of benzene rings is 1. The van der Waals surface area contributed by atoms with Gasteiger partial charge >= 0.3 is 0 Å². The SMILES string of the molecule is COc1ccc2c(c1)C1(CCCCC1)CN2. The Balaban J connectivity index is 2.02. The van der Waals surface area contributed by atoms with Gasteiger partial charge in [-0.2, -0.15) is 0 Å². The Hall–Kier alpha value is -1.18. The smallest absolute Gasteiger partial charge is 0.119 e. The molecule has 86 valence electrons. The summed E-state index contributed by atoms with van der Waals surface area (Å²) in [6, 6.07) is 6.45. The molecule has 0 amide bonds. The van der Waals surface area contributed by atoms with E-state index in [4.69, 9.17) is 4.74 Å². The van der Waals surface area contributed by atoms with Crippen LogP contribution in [-0.4, -0.2) is 13.7 Å². The molecule has 2 heteroatoms. The van der Waals surface area contributed by atoms with E-state index >= 15 is 0 Å². The van der Waals surface area contributed by atoms with Gasteiger partial charge in [0.25, 0.3) is 0 Å². The number of fused-ring (bicyclic) bond motifs is 2. The summed E-state index contributed by atoms with van der Waals surface area (Å²) in [6.45, 7) is 1.12. The molecular weight excluding hydrogens is 198 g/mol. The van der Waals surface area contributed by atoms with Gasteiger partial charge in [-0.25, -0.2) is 0 Å². The Morgan fingerprint density at radius 1 is 1.19 bits per heavy atom. The summed E-state index contributed by atoms with van der Waals surface area (Å²) in [7, 11) is 1.75. The van der Waals surface area contributed by atoms with Crippen LogP contribution in [0.1, 0.15) is 37.7 Å². The van der Waals surface area contributed by atoms with E-state index in [1.54, 1.807) is 7.11 Å². The number of nitrogens with one attached hydrogen (secondary N) is 1. The van der Waals surface area contributed by atoms with Gasteiger partial charge in [0.1, 0.15) is 5.75 Å². The predicted molar refractivity (Wildman–Crippen MR) is 66.2 cm³/mol. The summed E-state index contributed by atoms with van der Waals surface area (Å²) in [6.07, 6.45) is 6.82. The molecule has 1 aromatic rings. The molecule has 0 radical (unpaired) electrons. The molecule has 1 saturated carbocycles. The van der Waals surface area contributed by atoms with Crippen LogP contribution in [0.4, 0.5) is 5.69 Å². The first kappa shape index (κ1) is 10.0. The van der Waals surface area contributed by atoms with E-state index in [1.165, 1.54) is 43.4 Å². The van der Waals surface area contributed by atoms with Gasteiger partial charge in [-0.15, -0.1) is 0 Å². The maximum Gasteiger partial charge on any atom is 0.119 e. The fourth-order valence-corrected chi connectivity index (χ4v) is 3.28. The molecule has 0 unspecified atom stereocenters. The number of hydrogen-bond acceptors (Lipinski definition) is 2. The van der Waals surface area contributed by atoms with E-state index in [0.29, 0.717) is 5.41 Å². The molecule has 0 bridgehead atoms. The van der Waals surface area contributed by atoms with Gasteiger partial charge in [0.05, 0.1) is 7.11 Å². The summed E-state index contributed by atoms with van der Waals surface area (Å²) < 4.78 is 5.35. The Kier molecular flexibility index (Phi) is 2.31. The molecule has 1 N–H and O–H groups in total. The topological polar surface area (TPSA) is 21.3 Å². The predicted octanol–water partition coefficient (Wildman–Crippen LogP) is 3.32. The second-order valence-corrected chi connectivity index (χ2v) is 5.11. The van der Waals surface area contributed by atoms with Crippen molar-refractivity contribution < 1.29 is 4.74 Å². The van der Waals surface area contributed by atoms with Gasteiger partial charge < -0.3 is 10.1 Å². The van der Waals surface area contributed by atoms with Crippen LogP contribution in [0.3, 0.4) is 0 Å². The molecule has 1 aromatic carbocycles. The van der Waals surface area contributed by atoms with Crippen molar-refractivity contribution in [1.82, 2.24) is 0 Å². The first-order valence-corrected chi connectivity index (χ1v) is 6.26. The van der Waals surface area contributed by atoms with Crippen LogP contribution in [0.5, 0.6) is 5.75 Å². The summed E-state index contributed by atoms with van der Waals surface area (Å²) in [5.41, 5.74) is 3.22. The molecule has 1 aliphatic carbocycles. The number of anilines is 1. The maximum atomic E-state index is 5.35. The zero-order valence-electron chi connectivity index (χ0n) is 9.88. The minimum Gasteiger partial charge on any atom is -0.497 e. The second-order valence-electron chi connectivity index (χ2n) is 5.11. The van der Waals surface area contributed by atoms with Gasteiger partial charge in [0.2, 0.25) is 0 Å². The number of hydrogen-bond donors (Lipinski definition) is 1. The van der Waals surface area contributed by atoms with Crippen LogP contribution in [0.15, 0.2) is 18.2 Å². The van der Waals surface area contributed by atoms with Gasteiger partial charge in [-0.1, -0.05) is 19.3 Å². The summed E-state index contributed by atoms with van der Waals surface area (Å²) in [5.74, 6) is 0.993. The second kappa shape index (κ2) is 3.69. The van der Waals surface area contributed by atoms with Crippen LogP contribution in [0.2, 0.25) is 0 Å². The van der Waals surface area contributed by atoms with E-state index in [2.05, 4.69) is 17.4 Å². The third-order valence-electron chi connectivity index (χ3n) is 4.23. The van der Waals surface area contributed by atoms with Gasteiger partial charge in [0.15, 0.2) is 0 Å². The van der Waals surface area contributed by atoms with Crippen LogP contribution in [-0.2, 0) is 5.41 Å². The zero-order chi connectivity index (χ0) is 11.0. The van der Waals surface area contributed by atoms with Crippen molar-refractivity contribution in [2.45, 2.75) is 37.5 Å². The first-order chi connectivity index (χ1) is 7.84. The fourth-order valence-electron chi connectivity index (χ4n) is 3.28. The largest absolute Gasteiger partial charge is 0.497 e. The van der Waals surface area contributed by atoms with Gasteiger partial charge in [0, 0.05) is 17.6 Å². The van der Waals surface area contributed by atoms with Crippen molar-refractivity contribution in [2.75, 3.05) is 19.0 Å². The Bertz CT molecular complexity index is 388. The summed E-state index contributed by atoms with van der Waals surface area (Å²) in [4.78, 5) is 0. The Morgan fingerprint density at radius 2 is 2.00 bits per heavy atom. The number of methoxy groups -OCH3 is 1. The normalized spacial score (nSPS) is 21.6. The molecule has 1 fully saturated rings. The quantitative estimate of drug-likeness (QED) is 0.779. The van der Waals surface area contributed by atoms with Gasteiger partial charge in [-0.3, -0.25) is 0 Å². The third-order valence-corrected chi connectivity index (χ3v) is 4.23. The molecule has 16 heavy (non-hydrogen) atoms. The van der Waals surface area contributed by atoms with Crippen molar-refractivity contribution >= 4 is 5.69 Å². The van der Waals surface area contributed by atoms with Crippen LogP contribution in [0, 0.1) is 0 Å². The van der Waals surface area contributed by atoms with Crippen molar-refractivity contribution in [1.29, 1.82) is 0 Å². The van der Waals surface area contributed by atoms with Gasteiger partial charge in [-0.05, 0) is 36.6 Å². The molecule has 2 nitrogen and oxygen atoms in total. The lowest BCUT2D eigenvalue weighted by Gasteiger charge is -2.33. The van der Waals surface area contributed by atoms with E-state index in [1.807, 2.05) is 6.07 Å². The average molecular weight is 217 g/mol. The average Bonchev–Trinajstić information content (AvgIpc) is 2.69. The van der Waals surface area contributed by atoms with Crippen molar-refractivity contribution in [3.05, 3.63) is 23.8 Å². The molecular formula is C14H19NO. The first-order valence-electron chi connectivity index (χ1n) is 6.26. The minimum atomic E-state index is 0.405. The van der Waals surface area contributed by atoms with Crippen LogP contribution < -0.4 is 10.1 Å². The molecule has 0 saturated heterocycles. The zero-order valence-corrected chi connectivity index (χ0v) is 9.88. The monoisotopic (exact) mass is 217 g/mol. The molecule has 1 aliphatic heterocycles. The van der Waals surface area contributed by atoms with Crippen molar-refractivity contribution in [2.24, 2.45) is 0 Å². The Morgan fingerprint density at radius 3 is 2.75 bits per heavy atom. The minimum absolute atomic E-state index is 0.405. The molecule has 1 spiro atoms. The van der Waals surface area contributed by atoms with E-state index in [9.17, 15) is 0 Å². The molecule has 1 heterocycles. The molecule has 0 atom stereocenters. The highest BCUT2D eigenvalue weighted by molar-refractivity contribution is 5.62. The maximum absolute atomic E-state index is 5.35. The highest BCUT2D eigenvalue weighted by Crippen LogP contribution is 2.47. The van der Waals surface area contributed by atoms with Crippen LogP contribution >= 0.6 is 0 Å². The molecule has 0 aromatic heterocycles. The lowest BCUT2D eigenvalue weighted by Crippen LogP contribution is -2.30. The highest BCUT2D eigenvalue weighted by atomic mass is 16.5. The number of rotatable bonds is 1. The Labute approximate surface area is 97.0 Å². The van der Waals surface area contributed by atoms with Crippen molar-refractivity contribution in [3.8, 4) is 5.75 Å². The lowest BCUT2D eigenvalue weighted by molar-refractivity contribution is 0.318. The number of ether oxygens (including phenoxy) is 1. The summed E-state index contributed by atoms with van der Waals surface area (Å²) in [5, 5.41) is 3.56. The highest BCUT2D eigenvalue weighted by Gasteiger charge is 2.39. The van der Waals surface area contributed by atoms with E-state index in [-0.39, 0.29) is 0 Å². The molecule has 3 rings (SSSR count). The fraction of sp³-hybridized carbons (Fsp3) is 0.571.